The zero-order valence-corrected chi connectivity index (χ0v) is 22.1. The number of benzene rings is 4. The lowest BCUT2D eigenvalue weighted by atomic mass is 10.0. The van der Waals surface area contributed by atoms with Crippen LogP contribution in [0.25, 0.3) is 0 Å². The van der Waals surface area contributed by atoms with Crippen molar-refractivity contribution in [1.82, 2.24) is 4.90 Å². The van der Waals surface area contributed by atoms with Crippen molar-refractivity contribution < 1.29 is 14.0 Å². The van der Waals surface area contributed by atoms with Crippen molar-refractivity contribution in [2.24, 2.45) is 0 Å². The summed E-state index contributed by atoms with van der Waals surface area (Å²) >= 11 is 0. The summed E-state index contributed by atoms with van der Waals surface area (Å²) in [6.45, 7) is 4.31. The molecule has 2 amide bonds. The zero-order valence-electron chi connectivity index (χ0n) is 22.1. The molecular weight excluding hydrogens is 477 g/mol. The molecule has 1 N–H and O–H groups in total. The lowest BCUT2D eigenvalue weighted by molar-refractivity contribution is 0.0674. The minimum Gasteiger partial charge on any atom is -0.377 e. The number of aryl methyl sites for hydroxylation is 1. The van der Waals surface area contributed by atoms with E-state index in [0.29, 0.717) is 17.8 Å². The molecule has 0 aliphatic rings. The maximum absolute atomic E-state index is 13.9. The second-order valence-electron chi connectivity index (χ2n) is 9.59. The first-order valence-electron chi connectivity index (χ1n) is 12.5. The van der Waals surface area contributed by atoms with Gasteiger partial charge in [-0.2, -0.15) is 0 Å². The van der Waals surface area contributed by atoms with Crippen molar-refractivity contribution in [2.45, 2.75) is 26.4 Å². The molecule has 0 aromatic heterocycles. The van der Waals surface area contributed by atoms with E-state index in [4.69, 9.17) is 0 Å². The van der Waals surface area contributed by atoms with Gasteiger partial charge in [0.1, 0.15) is 5.82 Å². The molecule has 0 aliphatic carbocycles. The third-order valence-electron chi connectivity index (χ3n) is 6.52. The van der Waals surface area contributed by atoms with Crippen LogP contribution in [0, 0.1) is 12.7 Å². The summed E-state index contributed by atoms with van der Waals surface area (Å²) < 4.78 is 13.6. The first kappa shape index (κ1) is 26.6. The van der Waals surface area contributed by atoms with Crippen molar-refractivity contribution in [1.29, 1.82) is 0 Å². The van der Waals surface area contributed by atoms with E-state index in [9.17, 15) is 14.0 Å². The van der Waals surface area contributed by atoms with Crippen LogP contribution in [0.2, 0.25) is 0 Å². The first-order chi connectivity index (χ1) is 18.2. The lowest BCUT2D eigenvalue weighted by Crippen LogP contribution is -2.34. The molecule has 4 rings (SSSR count). The molecule has 6 heteroatoms. The molecule has 5 nitrogen and oxygen atoms in total. The number of carbonyl (C=O) groups is 2. The van der Waals surface area contributed by atoms with Crippen LogP contribution in [0.4, 0.5) is 15.8 Å². The number of halogens is 1. The van der Waals surface area contributed by atoms with Gasteiger partial charge in [-0.15, -0.1) is 0 Å². The first-order valence-corrected chi connectivity index (χ1v) is 12.5. The van der Waals surface area contributed by atoms with Crippen molar-refractivity contribution in [3.63, 3.8) is 0 Å². The molecule has 0 saturated carbocycles. The number of anilines is 2. The highest BCUT2D eigenvalue weighted by molar-refractivity contribution is 6.04. The number of rotatable bonds is 8. The predicted molar refractivity (Wildman–Crippen MR) is 151 cm³/mol. The van der Waals surface area contributed by atoms with E-state index in [1.165, 1.54) is 18.2 Å². The Morgan fingerprint density at radius 1 is 0.842 bits per heavy atom. The Bertz CT molecular complexity index is 1440. The van der Waals surface area contributed by atoms with E-state index < -0.39 is 11.7 Å². The Morgan fingerprint density at radius 3 is 2.24 bits per heavy atom. The standard InChI is InChI=1S/C32H32FN3O2/c1-22-10-8-14-26(18-22)32(38)36(23(2)24-11-6-5-7-12-24)21-27-20-29(16-17-30(27)35(3)4)34-31(37)25-13-9-15-28(33)19-25/h5-20,23H,21H2,1-4H3,(H,34,37). The molecule has 4 aromatic rings. The Hall–Kier alpha value is -4.45. The fourth-order valence-corrected chi connectivity index (χ4v) is 4.48. The van der Waals surface area contributed by atoms with Crippen LogP contribution in [0.3, 0.4) is 0 Å². The van der Waals surface area contributed by atoms with Gasteiger partial charge < -0.3 is 15.1 Å². The summed E-state index contributed by atoms with van der Waals surface area (Å²) in [7, 11) is 3.88. The third kappa shape index (κ3) is 6.27. The fourth-order valence-electron chi connectivity index (χ4n) is 4.48. The van der Waals surface area contributed by atoms with Gasteiger partial charge >= 0.3 is 0 Å². The maximum atomic E-state index is 13.9. The Balaban J connectivity index is 1.71. The Kier molecular flexibility index (Phi) is 8.22. The largest absolute Gasteiger partial charge is 0.377 e. The summed E-state index contributed by atoms with van der Waals surface area (Å²) in [6, 6.07) is 28.5. The molecule has 194 valence electrons. The number of hydrogen-bond acceptors (Lipinski definition) is 3. The van der Waals surface area contributed by atoms with E-state index in [0.717, 1.165) is 22.4 Å². The van der Waals surface area contributed by atoms with Crippen molar-refractivity contribution in [2.75, 3.05) is 24.3 Å². The molecule has 38 heavy (non-hydrogen) atoms. The van der Waals surface area contributed by atoms with Crippen LogP contribution in [-0.4, -0.2) is 30.8 Å². The second kappa shape index (κ2) is 11.7. The normalized spacial score (nSPS) is 11.5. The van der Waals surface area contributed by atoms with Crippen molar-refractivity contribution >= 4 is 23.2 Å². The van der Waals surface area contributed by atoms with E-state index in [1.807, 2.05) is 111 Å². The average Bonchev–Trinajstić information content (AvgIpc) is 2.91. The van der Waals surface area contributed by atoms with Crippen LogP contribution in [0.1, 0.15) is 50.4 Å². The third-order valence-corrected chi connectivity index (χ3v) is 6.52. The smallest absolute Gasteiger partial charge is 0.255 e. The maximum Gasteiger partial charge on any atom is 0.255 e. The van der Waals surface area contributed by atoms with Gasteiger partial charge in [0.25, 0.3) is 11.8 Å². The summed E-state index contributed by atoms with van der Waals surface area (Å²) in [5.74, 6) is -0.955. The SMILES string of the molecule is Cc1cccc(C(=O)N(Cc2cc(NC(=O)c3cccc(F)c3)ccc2N(C)C)C(C)c2ccccc2)c1. The minimum atomic E-state index is -0.471. The van der Waals surface area contributed by atoms with Crippen molar-refractivity contribution in [3.05, 3.63) is 131 Å². The highest BCUT2D eigenvalue weighted by Crippen LogP contribution is 2.30. The molecule has 0 bridgehead atoms. The van der Waals surface area contributed by atoms with E-state index >= 15 is 0 Å². The molecule has 0 aliphatic heterocycles. The summed E-state index contributed by atoms with van der Waals surface area (Å²) in [4.78, 5) is 30.5. The van der Waals surface area contributed by atoms with Crippen LogP contribution in [-0.2, 0) is 6.54 Å². The molecular formula is C32H32FN3O2. The molecule has 0 fully saturated rings. The van der Waals surface area contributed by atoms with E-state index in [1.54, 1.807) is 6.07 Å². The number of hydrogen-bond donors (Lipinski definition) is 1. The summed E-state index contributed by atoms with van der Waals surface area (Å²) in [5, 5.41) is 2.87. The average molecular weight is 510 g/mol. The van der Waals surface area contributed by atoms with Gasteiger partial charge in [-0.25, -0.2) is 4.39 Å². The molecule has 0 heterocycles. The summed E-state index contributed by atoms with van der Waals surface area (Å²) in [5.41, 5.74) is 5.25. The number of carbonyl (C=O) groups excluding carboxylic acids is 2. The fraction of sp³-hybridized carbons (Fsp3) is 0.188. The highest BCUT2D eigenvalue weighted by Gasteiger charge is 2.25. The minimum absolute atomic E-state index is 0.0797. The second-order valence-corrected chi connectivity index (χ2v) is 9.59. The molecule has 0 radical (unpaired) electrons. The lowest BCUT2D eigenvalue weighted by Gasteiger charge is -2.32. The molecule has 0 spiro atoms. The van der Waals surface area contributed by atoms with Gasteiger partial charge in [0, 0.05) is 43.1 Å². The van der Waals surface area contributed by atoms with Gasteiger partial charge in [0.2, 0.25) is 0 Å². The van der Waals surface area contributed by atoms with Gasteiger partial charge in [-0.1, -0.05) is 54.1 Å². The zero-order chi connectivity index (χ0) is 27.2. The Morgan fingerprint density at radius 2 is 1.55 bits per heavy atom. The number of nitrogens with one attached hydrogen (secondary N) is 1. The van der Waals surface area contributed by atoms with Crippen LogP contribution < -0.4 is 10.2 Å². The number of nitrogens with zero attached hydrogens (tertiary/aromatic N) is 2. The van der Waals surface area contributed by atoms with E-state index in [2.05, 4.69) is 5.32 Å². The van der Waals surface area contributed by atoms with Gasteiger partial charge in [0.05, 0.1) is 6.04 Å². The Labute approximate surface area is 223 Å². The van der Waals surface area contributed by atoms with Crippen molar-refractivity contribution in [3.8, 4) is 0 Å². The van der Waals surface area contributed by atoms with Crippen LogP contribution in [0.15, 0.2) is 97.1 Å². The van der Waals surface area contributed by atoms with E-state index in [-0.39, 0.29) is 17.5 Å². The molecule has 1 unspecified atom stereocenters. The number of amides is 2. The predicted octanol–water partition coefficient (Wildman–Crippen LogP) is 6.86. The topological polar surface area (TPSA) is 52.7 Å². The molecule has 4 aromatic carbocycles. The van der Waals surface area contributed by atoms with Gasteiger partial charge in [0.15, 0.2) is 0 Å². The molecule has 0 saturated heterocycles. The monoisotopic (exact) mass is 509 g/mol. The van der Waals surface area contributed by atoms with Gasteiger partial charge in [-0.3, -0.25) is 9.59 Å². The quantitative estimate of drug-likeness (QED) is 0.282. The van der Waals surface area contributed by atoms with Crippen LogP contribution in [0.5, 0.6) is 0 Å². The molecule has 1 atom stereocenters. The van der Waals surface area contributed by atoms with Gasteiger partial charge in [-0.05, 0) is 73.5 Å². The highest BCUT2D eigenvalue weighted by atomic mass is 19.1. The summed E-state index contributed by atoms with van der Waals surface area (Å²) in [6.07, 6.45) is 0. The van der Waals surface area contributed by atoms with Crippen LogP contribution >= 0.6 is 0 Å².